The van der Waals surface area contributed by atoms with Crippen LogP contribution >= 0.6 is 15.9 Å². The van der Waals surface area contributed by atoms with Gasteiger partial charge in [-0.2, -0.15) is 5.10 Å². The second kappa shape index (κ2) is 5.66. The SMILES string of the molecule is COc1ccc(Oc2nnccc2C(=N)N)c(Br)c1. The van der Waals surface area contributed by atoms with Gasteiger partial charge < -0.3 is 15.2 Å². The van der Waals surface area contributed by atoms with E-state index in [1.165, 1.54) is 6.20 Å². The van der Waals surface area contributed by atoms with Crippen molar-refractivity contribution in [2.45, 2.75) is 0 Å². The van der Waals surface area contributed by atoms with Gasteiger partial charge >= 0.3 is 0 Å². The molecule has 0 unspecified atom stereocenters. The van der Waals surface area contributed by atoms with Crippen LogP contribution in [0.4, 0.5) is 0 Å². The summed E-state index contributed by atoms with van der Waals surface area (Å²) in [5.41, 5.74) is 5.84. The normalized spacial score (nSPS) is 10.0. The molecule has 19 heavy (non-hydrogen) atoms. The molecule has 7 heteroatoms. The zero-order chi connectivity index (χ0) is 13.8. The van der Waals surface area contributed by atoms with E-state index in [2.05, 4.69) is 26.1 Å². The molecule has 0 bridgehead atoms. The maximum Gasteiger partial charge on any atom is 0.249 e. The minimum absolute atomic E-state index is 0.130. The molecule has 0 fully saturated rings. The molecule has 0 aliphatic rings. The number of aromatic nitrogens is 2. The lowest BCUT2D eigenvalue weighted by atomic mass is 10.2. The second-order valence-corrected chi connectivity index (χ2v) is 4.42. The number of hydrogen-bond acceptors (Lipinski definition) is 5. The average molecular weight is 323 g/mol. The van der Waals surface area contributed by atoms with Gasteiger partial charge in [-0.1, -0.05) is 0 Å². The van der Waals surface area contributed by atoms with Crippen molar-refractivity contribution in [2.24, 2.45) is 5.73 Å². The smallest absolute Gasteiger partial charge is 0.249 e. The van der Waals surface area contributed by atoms with Crippen LogP contribution in [-0.2, 0) is 0 Å². The summed E-state index contributed by atoms with van der Waals surface area (Å²) in [7, 11) is 1.58. The third-order valence-corrected chi connectivity index (χ3v) is 2.94. The summed E-state index contributed by atoms with van der Waals surface area (Å²) < 4.78 is 11.4. The van der Waals surface area contributed by atoms with Crippen molar-refractivity contribution in [2.75, 3.05) is 7.11 Å². The molecule has 0 aliphatic carbocycles. The minimum atomic E-state index is -0.130. The van der Waals surface area contributed by atoms with E-state index in [0.29, 0.717) is 21.5 Å². The van der Waals surface area contributed by atoms with Crippen molar-refractivity contribution in [1.82, 2.24) is 10.2 Å². The summed E-state index contributed by atoms with van der Waals surface area (Å²) in [5.74, 6) is 1.28. The summed E-state index contributed by atoms with van der Waals surface area (Å²) in [6.45, 7) is 0. The molecule has 6 nitrogen and oxygen atoms in total. The Hall–Kier alpha value is -2.15. The number of methoxy groups -OCH3 is 1. The third kappa shape index (κ3) is 3.00. The number of ether oxygens (including phenoxy) is 2. The lowest BCUT2D eigenvalue weighted by Gasteiger charge is -2.10. The number of nitrogen functional groups attached to an aromatic ring is 1. The predicted octanol–water partition coefficient (Wildman–Crippen LogP) is 2.32. The molecule has 2 rings (SSSR count). The van der Waals surface area contributed by atoms with E-state index in [1.54, 1.807) is 31.4 Å². The van der Waals surface area contributed by atoms with Crippen LogP contribution in [0.25, 0.3) is 0 Å². The average Bonchev–Trinajstić information content (AvgIpc) is 2.41. The van der Waals surface area contributed by atoms with Crippen LogP contribution in [0, 0.1) is 5.41 Å². The monoisotopic (exact) mass is 322 g/mol. The number of rotatable bonds is 4. The summed E-state index contributed by atoms with van der Waals surface area (Å²) in [6.07, 6.45) is 1.45. The first-order valence-electron chi connectivity index (χ1n) is 5.29. The number of nitrogens with zero attached hydrogens (tertiary/aromatic N) is 2. The zero-order valence-corrected chi connectivity index (χ0v) is 11.6. The molecule has 3 N–H and O–H groups in total. The Kier molecular flexibility index (Phi) is 3.96. The number of amidine groups is 1. The molecule has 0 atom stereocenters. The number of nitrogens with two attached hydrogens (primary N) is 1. The van der Waals surface area contributed by atoms with Gasteiger partial charge in [-0.05, 0) is 40.2 Å². The number of hydrogen-bond donors (Lipinski definition) is 2. The van der Waals surface area contributed by atoms with Gasteiger partial charge in [0.1, 0.15) is 17.3 Å². The number of benzene rings is 1. The number of nitrogens with one attached hydrogen (secondary N) is 1. The molecule has 0 radical (unpaired) electrons. The Bertz CT molecular complexity index is 618. The maximum absolute atomic E-state index is 7.46. The fourth-order valence-corrected chi connectivity index (χ4v) is 1.83. The van der Waals surface area contributed by atoms with E-state index in [9.17, 15) is 0 Å². The topological polar surface area (TPSA) is 94.1 Å². The van der Waals surface area contributed by atoms with Crippen molar-refractivity contribution >= 4 is 21.8 Å². The fraction of sp³-hybridized carbons (Fsp3) is 0.0833. The summed E-state index contributed by atoms with van der Waals surface area (Å²) in [6, 6.07) is 6.81. The molecule has 0 saturated heterocycles. The third-order valence-electron chi connectivity index (χ3n) is 2.32. The van der Waals surface area contributed by atoms with E-state index in [4.69, 9.17) is 20.6 Å². The predicted molar refractivity (Wildman–Crippen MR) is 73.8 cm³/mol. The maximum atomic E-state index is 7.46. The highest BCUT2D eigenvalue weighted by atomic mass is 79.9. The van der Waals surface area contributed by atoms with Gasteiger partial charge in [0.15, 0.2) is 0 Å². The van der Waals surface area contributed by atoms with E-state index in [1.807, 2.05) is 0 Å². The zero-order valence-electron chi connectivity index (χ0n) is 10.1. The van der Waals surface area contributed by atoms with Crippen molar-refractivity contribution in [3.05, 3.63) is 40.5 Å². The summed E-state index contributed by atoms with van der Waals surface area (Å²) in [4.78, 5) is 0. The van der Waals surface area contributed by atoms with Crippen molar-refractivity contribution < 1.29 is 9.47 Å². The lowest BCUT2D eigenvalue weighted by Crippen LogP contribution is -2.13. The van der Waals surface area contributed by atoms with Crippen LogP contribution in [0.2, 0.25) is 0 Å². The Balaban J connectivity index is 2.34. The van der Waals surface area contributed by atoms with Gasteiger partial charge in [0.25, 0.3) is 0 Å². The summed E-state index contributed by atoms with van der Waals surface area (Å²) >= 11 is 3.37. The molecular weight excluding hydrogens is 312 g/mol. The minimum Gasteiger partial charge on any atom is -0.497 e. The molecule has 0 amide bonds. The molecular formula is C12H11BrN4O2. The Morgan fingerprint density at radius 2 is 2.16 bits per heavy atom. The van der Waals surface area contributed by atoms with Crippen molar-refractivity contribution in [3.8, 4) is 17.4 Å². The summed E-state index contributed by atoms with van der Waals surface area (Å²) in [5, 5.41) is 15.0. The van der Waals surface area contributed by atoms with E-state index in [-0.39, 0.29) is 11.7 Å². The Labute approximate surface area is 118 Å². The van der Waals surface area contributed by atoms with Crippen LogP contribution in [0.3, 0.4) is 0 Å². The van der Waals surface area contributed by atoms with Crippen LogP contribution in [0.5, 0.6) is 17.4 Å². The second-order valence-electron chi connectivity index (χ2n) is 3.56. The molecule has 0 spiro atoms. The van der Waals surface area contributed by atoms with Crippen LogP contribution in [0.15, 0.2) is 34.9 Å². The van der Waals surface area contributed by atoms with Crippen LogP contribution in [0.1, 0.15) is 5.56 Å². The largest absolute Gasteiger partial charge is 0.497 e. The highest BCUT2D eigenvalue weighted by molar-refractivity contribution is 9.10. The quantitative estimate of drug-likeness (QED) is 0.665. The van der Waals surface area contributed by atoms with Gasteiger partial charge in [0.05, 0.1) is 23.3 Å². The fourth-order valence-electron chi connectivity index (χ4n) is 1.39. The van der Waals surface area contributed by atoms with Crippen molar-refractivity contribution in [3.63, 3.8) is 0 Å². The molecule has 0 saturated carbocycles. The molecule has 1 aromatic carbocycles. The molecule has 1 heterocycles. The first-order chi connectivity index (χ1) is 9.11. The first-order valence-corrected chi connectivity index (χ1v) is 6.08. The van der Waals surface area contributed by atoms with E-state index >= 15 is 0 Å². The van der Waals surface area contributed by atoms with E-state index in [0.717, 1.165) is 0 Å². The van der Waals surface area contributed by atoms with E-state index < -0.39 is 0 Å². The molecule has 98 valence electrons. The molecule has 2 aromatic rings. The van der Waals surface area contributed by atoms with Gasteiger partial charge in [-0.25, -0.2) is 0 Å². The van der Waals surface area contributed by atoms with Crippen LogP contribution < -0.4 is 15.2 Å². The molecule has 1 aromatic heterocycles. The standard InChI is InChI=1S/C12H11BrN4O2/c1-18-7-2-3-10(9(13)6-7)19-12-8(11(14)15)4-5-16-17-12/h2-6H,1H3,(H3,14,15). The highest BCUT2D eigenvalue weighted by Crippen LogP contribution is 2.32. The van der Waals surface area contributed by atoms with Crippen LogP contribution in [-0.4, -0.2) is 23.1 Å². The number of halogens is 1. The molecule has 0 aliphatic heterocycles. The Morgan fingerprint density at radius 3 is 2.79 bits per heavy atom. The van der Waals surface area contributed by atoms with Crippen molar-refractivity contribution in [1.29, 1.82) is 5.41 Å². The van der Waals surface area contributed by atoms with Gasteiger partial charge in [0.2, 0.25) is 5.88 Å². The van der Waals surface area contributed by atoms with Gasteiger partial charge in [0, 0.05) is 0 Å². The first kappa shape index (κ1) is 13.3. The van der Waals surface area contributed by atoms with Gasteiger partial charge in [-0.3, -0.25) is 5.41 Å². The lowest BCUT2D eigenvalue weighted by molar-refractivity contribution is 0.411. The Morgan fingerprint density at radius 1 is 1.37 bits per heavy atom. The van der Waals surface area contributed by atoms with Gasteiger partial charge in [-0.15, -0.1) is 5.10 Å². The highest BCUT2D eigenvalue weighted by Gasteiger charge is 2.11.